The van der Waals surface area contributed by atoms with E-state index in [1.807, 2.05) is 0 Å². The summed E-state index contributed by atoms with van der Waals surface area (Å²) >= 11 is 0. The number of halogens is 1. The highest BCUT2D eigenvalue weighted by atomic mass is 19.1. The van der Waals surface area contributed by atoms with Crippen LogP contribution >= 0.6 is 0 Å². The molecule has 1 aromatic rings. The smallest absolute Gasteiger partial charge is 0.299 e. The van der Waals surface area contributed by atoms with Gasteiger partial charge in [0.25, 0.3) is 11.4 Å². The Morgan fingerprint density at radius 1 is 0.418 bits per heavy atom. The van der Waals surface area contributed by atoms with E-state index in [0.717, 1.165) is 6.07 Å². The zero-order valence-corrected chi connectivity index (χ0v) is 31.7. The van der Waals surface area contributed by atoms with Crippen LogP contribution in [0.15, 0.2) is 18.2 Å². The first-order chi connectivity index (χ1) is 27.1. The number of nitro groups is 2. The maximum Gasteiger partial charge on any atom is 0.299 e. The monoisotopic (exact) mass is 801 g/mol. The number of hydrogen-bond donors (Lipinski definition) is 1. The number of nitro benzene ring substituents is 2. The molecule has 1 N–H and O–H groups in total. The van der Waals surface area contributed by atoms with Crippen molar-refractivity contribution in [2.75, 3.05) is 190 Å². The maximum absolute atomic E-state index is 11.8. The van der Waals surface area contributed by atoms with Crippen LogP contribution in [0.5, 0.6) is 0 Å². The van der Waals surface area contributed by atoms with Gasteiger partial charge in [-0.15, -0.1) is 0 Å². The Labute approximate surface area is 321 Å². The van der Waals surface area contributed by atoms with Gasteiger partial charge in [-0.05, 0) is 6.07 Å². The molecule has 0 bridgehead atoms. The first kappa shape index (κ1) is 50.2. The summed E-state index contributed by atoms with van der Waals surface area (Å²) < 4.78 is 81.9. The molecule has 0 aliphatic rings. The predicted molar refractivity (Wildman–Crippen MR) is 195 cm³/mol. The molecule has 21 heteroatoms. The van der Waals surface area contributed by atoms with Gasteiger partial charge in [-0.25, -0.2) is 4.39 Å². The lowest BCUT2D eigenvalue weighted by Crippen LogP contribution is -2.16. The molecule has 320 valence electrons. The molecule has 0 saturated carbocycles. The van der Waals surface area contributed by atoms with Crippen molar-refractivity contribution in [2.45, 2.75) is 0 Å². The lowest BCUT2D eigenvalue weighted by Gasteiger charge is -2.09. The first-order valence-corrected chi connectivity index (χ1v) is 18.3. The standard InChI is InChI=1S/C34H60FN3O17/c35-3-5-43-7-9-45-11-13-47-15-17-49-19-21-51-23-25-53-27-29-55-30-28-54-26-24-52-22-20-50-18-16-48-14-12-46-10-8-44-6-4-36-33-2-1-32(37(39)40)31-34(33)38(41)42/h1-2,31,36H,3-30H2. The summed E-state index contributed by atoms with van der Waals surface area (Å²) in [5.41, 5.74) is -0.538. The summed E-state index contributed by atoms with van der Waals surface area (Å²) in [5, 5.41) is 24.8. The van der Waals surface area contributed by atoms with E-state index in [0.29, 0.717) is 159 Å². The molecule has 55 heavy (non-hydrogen) atoms. The number of hydrogen-bond acceptors (Lipinski definition) is 18. The molecule has 0 aliphatic heterocycles. The molecule has 20 nitrogen and oxygen atoms in total. The Balaban J connectivity index is 1.69. The number of nitrogens with one attached hydrogen (secondary N) is 1. The van der Waals surface area contributed by atoms with Crippen molar-refractivity contribution < 1.29 is 75.8 Å². The minimum Gasteiger partial charge on any atom is -0.377 e. The fourth-order valence-corrected chi connectivity index (χ4v) is 3.99. The van der Waals surface area contributed by atoms with Crippen molar-refractivity contribution in [3.8, 4) is 0 Å². The van der Waals surface area contributed by atoms with Gasteiger partial charge >= 0.3 is 0 Å². The van der Waals surface area contributed by atoms with E-state index < -0.39 is 16.5 Å². The number of benzene rings is 1. The van der Waals surface area contributed by atoms with Crippen LogP contribution in [-0.2, 0) is 61.6 Å². The Kier molecular flexibility index (Phi) is 36.1. The molecule has 1 aromatic carbocycles. The molecular weight excluding hydrogens is 741 g/mol. The highest BCUT2D eigenvalue weighted by molar-refractivity contribution is 5.65. The SMILES string of the molecule is O=[N+]([O-])c1ccc(NCCOCCOCCOCCOCCOCCOCCOCCOCCOCCOCCOCCOCCOCCF)c([N+](=O)[O-])c1. The number of alkyl halides is 1. The average molecular weight is 802 g/mol. The van der Waals surface area contributed by atoms with Crippen LogP contribution in [0.2, 0.25) is 0 Å². The second-order valence-electron chi connectivity index (χ2n) is 10.8. The summed E-state index contributed by atoms with van der Waals surface area (Å²) in [4.78, 5) is 20.6. The molecule has 0 atom stereocenters. The van der Waals surface area contributed by atoms with Crippen molar-refractivity contribution in [1.29, 1.82) is 0 Å². The zero-order chi connectivity index (χ0) is 39.7. The lowest BCUT2D eigenvalue weighted by molar-refractivity contribution is -0.393. The summed E-state index contributed by atoms with van der Waals surface area (Å²) in [5.74, 6) is 0. The summed E-state index contributed by atoms with van der Waals surface area (Å²) in [6.45, 7) is 10.8. The van der Waals surface area contributed by atoms with Crippen LogP contribution in [0.4, 0.5) is 21.5 Å². The van der Waals surface area contributed by atoms with Gasteiger partial charge in [0, 0.05) is 12.6 Å². The highest BCUT2D eigenvalue weighted by Gasteiger charge is 2.19. The third-order valence-corrected chi connectivity index (χ3v) is 6.64. The molecule has 0 radical (unpaired) electrons. The quantitative estimate of drug-likeness (QED) is 0.0568. The third-order valence-electron chi connectivity index (χ3n) is 6.64. The van der Waals surface area contributed by atoms with Crippen LogP contribution in [0, 0.1) is 20.2 Å². The highest BCUT2D eigenvalue weighted by Crippen LogP contribution is 2.28. The summed E-state index contributed by atoms with van der Waals surface area (Å²) in [6, 6.07) is 3.42. The van der Waals surface area contributed by atoms with Crippen molar-refractivity contribution in [1.82, 2.24) is 0 Å². The Morgan fingerprint density at radius 2 is 0.691 bits per heavy atom. The van der Waals surface area contributed by atoms with Gasteiger partial charge in [0.1, 0.15) is 12.4 Å². The number of rotatable bonds is 44. The normalized spacial score (nSPS) is 11.4. The predicted octanol–water partition coefficient (Wildman–Crippen LogP) is 2.10. The van der Waals surface area contributed by atoms with Gasteiger partial charge in [0.15, 0.2) is 0 Å². The van der Waals surface area contributed by atoms with Gasteiger partial charge in [-0.2, -0.15) is 0 Å². The fourth-order valence-electron chi connectivity index (χ4n) is 3.99. The van der Waals surface area contributed by atoms with Crippen molar-refractivity contribution in [3.63, 3.8) is 0 Å². The fraction of sp³-hybridized carbons (Fsp3) is 0.824. The largest absolute Gasteiger partial charge is 0.377 e. The van der Waals surface area contributed by atoms with Crippen molar-refractivity contribution in [3.05, 3.63) is 38.4 Å². The minimum absolute atomic E-state index is 0.101. The molecule has 0 heterocycles. The number of anilines is 1. The second-order valence-corrected chi connectivity index (χ2v) is 10.8. The zero-order valence-electron chi connectivity index (χ0n) is 31.7. The molecule has 0 aliphatic carbocycles. The Bertz CT molecular complexity index is 1040. The molecule has 0 amide bonds. The van der Waals surface area contributed by atoms with Gasteiger partial charge in [-0.3, -0.25) is 20.2 Å². The van der Waals surface area contributed by atoms with E-state index >= 15 is 0 Å². The van der Waals surface area contributed by atoms with E-state index in [1.165, 1.54) is 12.1 Å². The number of ether oxygens (including phenoxy) is 13. The molecular formula is C34H60FN3O17. The second kappa shape index (κ2) is 39.5. The molecule has 0 fully saturated rings. The van der Waals surface area contributed by atoms with E-state index in [2.05, 4.69) is 5.32 Å². The molecule has 1 rings (SSSR count). The summed E-state index contributed by atoms with van der Waals surface area (Å²) in [7, 11) is 0. The van der Waals surface area contributed by atoms with Gasteiger partial charge in [0.2, 0.25) is 0 Å². The first-order valence-electron chi connectivity index (χ1n) is 18.3. The maximum atomic E-state index is 11.8. The van der Waals surface area contributed by atoms with Crippen LogP contribution in [0.3, 0.4) is 0 Å². The van der Waals surface area contributed by atoms with E-state index in [1.54, 1.807) is 0 Å². The van der Waals surface area contributed by atoms with Gasteiger partial charge in [0.05, 0.1) is 188 Å². The average Bonchev–Trinajstić information content (AvgIpc) is 3.18. The van der Waals surface area contributed by atoms with Crippen molar-refractivity contribution in [2.24, 2.45) is 0 Å². The number of nitrogens with zero attached hydrogens (tertiary/aromatic N) is 2. The molecule has 0 saturated heterocycles. The minimum atomic E-state index is -0.684. The van der Waals surface area contributed by atoms with E-state index in [9.17, 15) is 24.6 Å². The van der Waals surface area contributed by atoms with Crippen molar-refractivity contribution >= 4 is 17.1 Å². The van der Waals surface area contributed by atoms with E-state index in [-0.39, 0.29) is 36.8 Å². The molecule has 0 unspecified atom stereocenters. The topological polar surface area (TPSA) is 218 Å². The number of non-ortho nitro benzene ring substituents is 1. The van der Waals surface area contributed by atoms with Gasteiger partial charge in [-0.1, -0.05) is 0 Å². The van der Waals surface area contributed by atoms with Crippen LogP contribution < -0.4 is 5.32 Å². The van der Waals surface area contributed by atoms with Crippen LogP contribution in [0.1, 0.15) is 0 Å². The van der Waals surface area contributed by atoms with Crippen LogP contribution in [-0.4, -0.2) is 195 Å². The van der Waals surface area contributed by atoms with Crippen LogP contribution in [0.25, 0.3) is 0 Å². The van der Waals surface area contributed by atoms with E-state index in [4.69, 9.17) is 61.6 Å². The molecule has 0 spiro atoms. The Hall–Kier alpha value is -2.77. The third kappa shape index (κ3) is 33.1. The summed E-state index contributed by atoms with van der Waals surface area (Å²) in [6.07, 6.45) is 0. The van der Waals surface area contributed by atoms with Gasteiger partial charge < -0.3 is 66.9 Å². The molecule has 0 aromatic heterocycles. The Morgan fingerprint density at radius 3 is 0.945 bits per heavy atom. The lowest BCUT2D eigenvalue weighted by atomic mass is 10.2.